The number of nitrogens with zero attached hydrogens (tertiary/aromatic N) is 2. The lowest BCUT2D eigenvalue weighted by Gasteiger charge is -2.34. The Kier molecular flexibility index (Phi) is 4.77. The number of esters is 1. The van der Waals surface area contributed by atoms with Gasteiger partial charge in [0.05, 0.1) is 13.7 Å². The number of carbonyl (C=O) groups is 1. The molecule has 0 aliphatic heterocycles. The van der Waals surface area contributed by atoms with Crippen LogP contribution in [-0.4, -0.2) is 47.6 Å². The first-order valence-corrected chi connectivity index (χ1v) is 5.53. The molecule has 6 nitrogen and oxygen atoms in total. The third-order valence-electron chi connectivity index (χ3n) is 2.92. The Bertz CT molecular complexity index is 474. The number of methoxy groups -OCH3 is 2. The van der Waals surface area contributed by atoms with Crippen molar-refractivity contribution >= 4 is 5.97 Å². The molecule has 20 heavy (non-hydrogen) atoms. The van der Waals surface area contributed by atoms with Crippen molar-refractivity contribution < 1.29 is 32.5 Å². The molecule has 1 aromatic rings. The molecule has 114 valence electrons. The predicted octanol–water partition coefficient (Wildman–Crippen LogP) is 0.606. The summed E-state index contributed by atoms with van der Waals surface area (Å²) in [6.45, 7) is -0.671. The third kappa shape index (κ3) is 2.63. The number of halogens is 3. The van der Waals surface area contributed by atoms with Gasteiger partial charge in [0.1, 0.15) is 5.92 Å². The van der Waals surface area contributed by atoms with Gasteiger partial charge in [-0.3, -0.25) is 4.79 Å². The highest BCUT2D eigenvalue weighted by Gasteiger charge is 2.64. The molecule has 1 rings (SSSR count). The van der Waals surface area contributed by atoms with E-state index in [1.165, 1.54) is 13.2 Å². The van der Waals surface area contributed by atoms with Gasteiger partial charge in [0, 0.05) is 26.6 Å². The average molecular weight is 296 g/mol. The second-order valence-corrected chi connectivity index (χ2v) is 4.16. The van der Waals surface area contributed by atoms with Crippen molar-refractivity contribution in [2.24, 2.45) is 13.0 Å². The molecule has 0 radical (unpaired) electrons. The molecule has 1 N–H and O–H groups in total. The number of imidazole rings is 1. The second kappa shape index (κ2) is 5.80. The van der Waals surface area contributed by atoms with E-state index in [9.17, 15) is 23.1 Å². The van der Waals surface area contributed by atoms with Gasteiger partial charge in [0.2, 0.25) is 5.60 Å². The summed E-state index contributed by atoms with van der Waals surface area (Å²) in [7, 11) is 3.32. The minimum atomic E-state index is -5.14. The fourth-order valence-corrected chi connectivity index (χ4v) is 1.88. The zero-order valence-corrected chi connectivity index (χ0v) is 11.1. The molecule has 9 heteroatoms. The zero-order valence-electron chi connectivity index (χ0n) is 11.1. The van der Waals surface area contributed by atoms with E-state index in [4.69, 9.17) is 0 Å². The van der Waals surface area contributed by atoms with Crippen molar-refractivity contribution in [3.63, 3.8) is 0 Å². The number of hydrogen-bond acceptors (Lipinski definition) is 5. The molecule has 0 unspecified atom stereocenters. The maximum atomic E-state index is 13.4. The fraction of sp³-hybridized carbons (Fsp3) is 0.636. The summed E-state index contributed by atoms with van der Waals surface area (Å²) < 4.78 is 50.0. The van der Waals surface area contributed by atoms with E-state index in [1.54, 1.807) is 0 Å². The summed E-state index contributed by atoms with van der Waals surface area (Å²) in [6.07, 6.45) is -2.82. The van der Waals surface area contributed by atoms with Crippen molar-refractivity contribution in [2.45, 2.75) is 11.8 Å². The van der Waals surface area contributed by atoms with Crippen LogP contribution in [0.3, 0.4) is 0 Å². The van der Waals surface area contributed by atoms with Crippen LogP contribution in [0, 0.1) is 5.92 Å². The first-order chi connectivity index (χ1) is 9.20. The summed E-state index contributed by atoms with van der Waals surface area (Å²) in [5, 5.41) is 10.2. The third-order valence-corrected chi connectivity index (χ3v) is 2.92. The van der Waals surface area contributed by atoms with Gasteiger partial charge in [-0.15, -0.1) is 0 Å². The first kappa shape index (κ1) is 16.4. The van der Waals surface area contributed by atoms with E-state index >= 15 is 0 Å². The molecule has 0 bridgehead atoms. The molecule has 0 saturated heterocycles. The number of hydrogen-bond donors (Lipinski definition) is 1. The van der Waals surface area contributed by atoms with Gasteiger partial charge >= 0.3 is 12.1 Å². The average Bonchev–Trinajstić information content (AvgIpc) is 2.79. The van der Waals surface area contributed by atoms with Crippen molar-refractivity contribution in [3.8, 4) is 0 Å². The molecular formula is C11H15F3N2O4. The van der Waals surface area contributed by atoms with Crippen LogP contribution in [0.15, 0.2) is 12.4 Å². The monoisotopic (exact) mass is 296 g/mol. The molecule has 2 atom stereocenters. The Balaban J connectivity index is 3.44. The summed E-state index contributed by atoms with van der Waals surface area (Å²) in [5.41, 5.74) is -3.51. The highest BCUT2D eigenvalue weighted by Crippen LogP contribution is 2.44. The Hall–Kier alpha value is -1.61. The largest absolute Gasteiger partial charge is 0.469 e. The highest BCUT2D eigenvalue weighted by atomic mass is 19.4. The van der Waals surface area contributed by atoms with Gasteiger partial charge in [0.15, 0.2) is 5.82 Å². The lowest BCUT2D eigenvalue weighted by molar-refractivity contribution is -0.293. The number of carbonyl (C=O) groups excluding carboxylic acids is 1. The van der Waals surface area contributed by atoms with Gasteiger partial charge in [-0.25, -0.2) is 4.98 Å². The molecule has 0 aromatic carbocycles. The Morgan fingerprint density at radius 3 is 2.45 bits per heavy atom. The van der Waals surface area contributed by atoms with Crippen molar-refractivity contribution in [2.75, 3.05) is 20.8 Å². The SMILES string of the molecule is COC[C@@H](C(=O)OC)[C@@](O)(c1nccn1C)C(F)(F)F. The van der Waals surface area contributed by atoms with Crippen LogP contribution >= 0.6 is 0 Å². The maximum absolute atomic E-state index is 13.4. The quantitative estimate of drug-likeness (QED) is 0.806. The van der Waals surface area contributed by atoms with Crippen LogP contribution in [-0.2, 0) is 26.9 Å². The van der Waals surface area contributed by atoms with E-state index in [2.05, 4.69) is 14.5 Å². The molecule has 0 aliphatic rings. The summed E-state index contributed by atoms with van der Waals surface area (Å²) in [6, 6.07) is 0. The van der Waals surface area contributed by atoms with Crippen LogP contribution in [0.4, 0.5) is 13.2 Å². The first-order valence-electron chi connectivity index (χ1n) is 5.53. The zero-order chi connectivity index (χ0) is 15.6. The Labute approximate surface area is 113 Å². The molecular weight excluding hydrogens is 281 g/mol. The minimum Gasteiger partial charge on any atom is -0.469 e. The van der Waals surface area contributed by atoms with Gasteiger partial charge in [0.25, 0.3) is 0 Å². The van der Waals surface area contributed by atoms with Gasteiger partial charge in [-0.2, -0.15) is 13.2 Å². The molecule has 1 heterocycles. The van der Waals surface area contributed by atoms with Crippen LogP contribution in [0.5, 0.6) is 0 Å². The van der Waals surface area contributed by atoms with Crippen LogP contribution in [0.1, 0.15) is 5.82 Å². The van der Waals surface area contributed by atoms with Gasteiger partial charge in [-0.1, -0.05) is 0 Å². The number of aliphatic hydroxyl groups is 1. The number of rotatable bonds is 5. The second-order valence-electron chi connectivity index (χ2n) is 4.16. The molecule has 0 aliphatic carbocycles. The molecule has 0 amide bonds. The van der Waals surface area contributed by atoms with Crippen LogP contribution in [0.2, 0.25) is 0 Å². The molecule has 1 aromatic heterocycles. The summed E-state index contributed by atoms with van der Waals surface area (Å²) in [4.78, 5) is 15.1. The normalized spacial score (nSPS) is 16.6. The minimum absolute atomic E-state index is 0.671. The standard InChI is InChI=1S/C11H15F3N2O4/c1-16-5-4-15-9(16)10(18,11(12,13)14)7(6-19-2)8(17)20-3/h4-5,7,18H,6H2,1-3H3/t7-,10+/m0/s1. The van der Waals surface area contributed by atoms with E-state index < -0.39 is 36.1 Å². The molecule has 0 saturated carbocycles. The predicted molar refractivity (Wildman–Crippen MR) is 60.5 cm³/mol. The van der Waals surface area contributed by atoms with E-state index in [1.807, 2.05) is 0 Å². The number of alkyl halides is 3. The fourth-order valence-electron chi connectivity index (χ4n) is 1.88. The molecule has 0 fully saturated rings. The lowest BCUT2D eigenvalue weighted by atomic mass is 9.86. The van der Waals surface area contributed by atoms with Crippen molar-refractivity contribution in [1.82, 2.24) is 9.55 Å². The highest BCUT2D eigenvalue weighted by molar-refractivity contribution is 5.74. The van der Waals surface area contributed by atoms with Crippen molar-refractivity contribution in [1.29, 1.82) is 0 Å². The van der Waals surface area contributed by atoms with Gasteiger partial charge in [-0.05, 0) is 0 Å². The van der Waals surface area contributed by atoms with Crippen LogP contribution in [0.25, 0.3) is 0 Å². The van der Waals surface area contributed by atoms with E-state index in [0.29, 0.717) is 0 Å². The summed E-state index contributed by atoms with van der Waals surface area (Å²) >= 11 is 0. The number of aromatic nitrogens is 2. The number of ether oxygens (including phenoxy) is 2. The lowest BCUT2D eigenvalue weighted by Crippen LogP contribution is -2.54. The topological polar surface area (TPSA) is 73.6 Å². The van der Waals surface area contributed by atoms with Gasteiger partial charge < -0.3 is 19.1 Å². The summed E-state index contributed by atoms with van der Waals surface area (Å²) in [5.74, 6) is -3.94. The maximum Gasteiger partial charge on any atom is 0.425 e. The molecule has 0 spiro atoms. The smallest absolute Gasteiger partial charge is 0.425 e. The van der Waals surface area contributed by atoms with Crippen molar-refractivity contribution in [3.05, 3.63) is 18.2 Å². The van der Waals surface area contributed by atoms with E-state index in [0.717, 1.165) is 25.0 Å². The number of aryl methyl sites for hydroxylation is 1. The Morgan fingerprint density at radius 2 is 2.10 bits per heavy atom. The van der Waals surface area contributed by atoms with E-state index in [-0.39, 0.29) is 0 Å². The van der Waals surface area contributed by atoms with Crippen LogP contribution < -0.4 is 0 Å². The Morgan fingerprint density at radius 1 is 1.50 bits per heavy atom.